The number of hydrogen-bond acceptors (Lipinski definition) is 3. The molecule has 4 nitrogen and oxygen atoms in total. The Labute approximate surface area is 148 Å². The van der Waals surface area contributed by atoms with Gasteiger partial charge in [-0.1, -0.05) is 54.9 Å². The number of pyridine rings is 1. The molecule has 1 aliphatic rings. The summed E-state index contributed by atoms with van der Waals surface area (Å²) >= 11 is 5.97. The lowest BCUT2D eigenvalue weighted by atomic mass is 9.95. The number of amides is 1. The van der Waals surface area contributed by atoms with Crippen molar-refractivity contribution in [2.75, 3.05) is 31.1 Å². The molecule has 1 atom stereocenters. The van der Waals surface area contributed by atoms with Gasteiger partial charge in [-0.25, -0.2) is 4.98 Å². The molecule has 0 saturated carbocycles. The molecular formula is C19H22ClN3O. The van der Waals surface area contributed by atoms with Gasteiger partial charge in [0.05, 0.1) is 5.92 Å². The van der Waals surface area contributed by atoms with Crippen LogP contribution in [0.15, 0.2) is 48.5 Å². The van der Waals surface area contributed by atoms with Crippen LogP contribution in [0.4, 0.5) is 5.82 Å². The van der Waals surface area contributed by atoms with Gasteiger partial charge in [-0.3, -0.25) is 4.79 Å². The average Bonchev–Trinajstić information content (AvgIpc) is 2.63. The Kier molecular flexibility index (Phi) is 5.36. The van der Waals surface area contributed by atoms with Gasteiger partial charge in [0.25, 0.3) is 0 Å². The molecule has 0 radical (unpaired) electrons. The number of hydrogen-bond donors (Lipinski definition) is 0. The number of halogens is 1. The van der Waals surface area contributed by atoms with E-state index in [1.54, 1.807) is 6.07 Å². The van der Waals surface area contributed by atoms with Gasteiger partial charge in [-0.05, 0) is 24.1 Å². The van der Waals surface area contributed by atoms with E-state index >= 15 is 0 Å². The van der Waals surface area contributed by atoms with Crippen molar-refractivity contribution in [1.29, 1.82) is 0 Å². The van der Waals surface area contributed by atoms with Crippen molar-refractivity contribution in [3.63, 3.8) is 0 Å². The van der Waals surface area contributed by atoms with Crippen molar-refractivity contribution in [2.45, 2.75) is 19.3 Å². The van der Waals surface area contributed by atoms with E-state index in [0.717, 1.165) is 44.0 Å². The lowest BCUT2D eigenvalue weighted by molar-refractivity contribution is -0.133. The van der Waals surface area contributed by atoms with E-state index in [2.05, 4.69) is 16.8 Å². The van der Waals surface area contributed by atoms with Crippen LogP contribution in [0.1, 0.15) is 24.8 Å². The normalized spacial score (nSPS) is 16.1. The fourth-order valence-electron chi connectivity index (χ4n) is 3.19. The summed E-state index contributed by atoms with van der Waals surface area (Å²) in [5.74, 6) is 1.05. The molecule has 1 unspecified atom stereocenters. The maximum atomic E-state index is 12.9. The van der Waals surface area contributed by atoms with Crippen LogP contribution in [0.2, 0.25) is 5.15 Å². The zero-order valence-corrected chi connectivity index (χ0v) is 14.6. The van der Waals surface area contributed by atoms with E-state index in [9.17, 15) is 4.79 Å². The van der Waals surface area contributed by atoms with Crippen LogP contribution in [-0.4, -0.2) is 42.0 Å². The minimum Gasteiger partial charge on any atom is -0.353 e. The molecule has 0 aliphatic carbocycles. The lowest BCUT2D eigenvalue weighted by Gasteiger charge is -2.37. The highest BCUT2D eigenvalue weighted by atomic mass is 35.5. The number of rotatable bonds is 4. The second kappa shape index (κ2) is 7.67. The first kappa shape index (κ1) is 16.8. The molecule has 0 N–H and O–H groups in total. The topological polar surface area (TPSA) is 36.4 Å². The first-order chi connectivity index (χ1) is 11.7. The van der Waals surface area contributed by atoms with Crippen LogP contribution in [0, 0.1) is 0 Å². The highest BCUT2D eigenvalue weighted by Crippen LogP contribution is 2.23. The molecule has 1 aliphatic heterocycles. The molecule has 3 rings (SSSR count). The molecule has 2 heterocycles. The summed E-state index contributed by atoms with van der Waals surface area (Å²) in [4.78, 5) is 21.4. The third-order valence-electron chi connectivity index (χ3n) is 4.52. The van der Waals surface area contributed by atoms with E-state index in [4.69, 9.17) is 11.6 Å². The lowest BCUT2D eigenvalue weighted by Crippen LogP contribution is -2.50. The van der Waals surface area contributed by atoms with Crippen LogP contribution in [0.5, 0.6) is 0 Å². The second-order valence-corrected chi connectivity index (χ2v) is 6.39. The van der Waals surface area contributed by atoms with Gasteiger partial charge >= 0.3 is 0 Å². The minimum absolute atomic E-state index is 0.0537. The van der Waals surface area contributed by atoms with Crippen molar-refractivity contribution in [2.24, 2.45) is 0 Å². The average molecular weight is 344 g/mol. The van der Waals surface area contributed by atoms with Crippen LogP contribution < -0.4 is 4.90 Å². The smallest absolute Gasteiger partial charge is 0.230 e. The minimum atomic E-state index is -0.0537. The van der Waals surface area contributed by atoms with E-state index < -0.39 is 0 Å². The Morgan fingerprint density at radius 3 is 2.42 bits per heavy atom. The Bertz CT molecular complexity index is 684. The van der Waals surface area contributed by atoms with Gasteiger partial charge in [-0.2, -0.15) is 0 Å². The molecule has 1 fully saturated rings. The van der Waals surface area contributed by atoms with Crippen molar-refractivity contribution in [3.8, 4) is 0 Å². The molecule has 1 amide bonds. The molecule has 126 valence electrons. The maximum absolute atomic E-state index is 12.9. The SMILES string of the molecule is CCC(C(=O)N1CCN(c2cccc(Cl)n2)CC1)c1ccccc1. The molecule has 2 aromatic rings. The first-order valence-corrected chi connectivity index (χ1v) is 8.78. The first-order valence-electron chi connectivity index (χ1n) is 8.40. The van der Waals surface area contributed by atoms with E-state index in [1.165, 1.54) is 0 Å². The highest BCUT2D eigenvalue weighted by molar-refractivity contribution is 6.29. The fraction of sp³-hybridized carbons (Fsp3) is 0.368. The molecule has 1 aromatic heterocycles. The van der Waals surface area contributed by atoms with Gasteiger partial charge < -0.3 is 9.80 Å². The zero-order chi connectivity index (χ0) is 16.9. The molecule has 1 aromatic carbocycles. The Hall–Kier alpha value is -2.07. The number of nitrogens with zero attached hydrogens (tertiary/aromatic N) is 3. The predicted octanol–water partition coefficient (Wildman–Crippen LogP) is 3.58. The van der Waals surface area contributed by atoms with Crippen molar-refractivity contribution in [1.82, 2.24) is 9.88 Å². The molecule has 0 bridgehead atoms. The summed E-state index contributed by atoms with van der Waals surface area (Å²) in [6, 6.07) is 15.7. The van der Waals surface area contributed by atoms with Crippen LogP contribution in [0.25, 0.3) is 0 Å². The van der Waals surface area contributed by atoms with Crippen LogP contribution in [-0.2, 0) is 4.79 Å². The molecule has 0 spiro atoms. The van der Waals surface area contributed by atoms with Crippen molar-refractivity contribution >= 4 is 23.3 Å². The molecule has 24 heavy (non-hydrogen) atoms. The number of carbonyl (C=O) groups excluding carboxylic acids is 1. The Balaban J connectivity index is 1.64. The standard InChI is InChI=1S/C19H22ClN3O/c1-2-16(15-7-4-3-5-8-15)19(24)23-13-11-22(12-14-23)18-10-6-9-17(20)21-18/h3-10,16H,2,11-14H2,1H3. The van der Waals surface area contributed by atoms with Gasteiger partial charge in [0.15, 0.2) is 0 Å². The molecule has 5 heteroatoms. The zero-order valence-electron chi connectivity index (χ0n) is 13.9. The van der Waals surface area contributed by atoms with Crippen molar-refractivity contribution in [3.05, 3.63) is 59.2 Å². The Morgan fingerprint density at radius 2 is 1.79 bits per heavy atom. The number of carbonyl (C=O) groups is 1. The molecule has 1 saturated heterocycles. The van der Waals surface area contributed by atoms with Crippen LogP contribution in [0.3, 0.4) is 0 Å². The van der Waals surface area contributed by atoms with Gasteiger partial charge in [0.2, 0.25) is 5.91 Å². The summed E-state index contributed by atoms with van der Waals surface area (Å²) in [6.07, 6.45) is 0.818. The fourth-order valence-corrected chi connectivity index (χ4v) is 3.35. The number of benzene rings is 1. The maximum Gasteiger partial charge on any atom is 0.230 e. The van der Waals surface area contributed by atoms with Gasteiger partial charge in [0, 0.05) is 26.2 Å². The quantitative estimate of drug-likeness (QED) is 0.796. The summed E-state index contributed by atoms with van der Waals surface area (Å²) in [5, 5.41) is 0.501. The monoisotopic (exact) mass is 343 g/mol. The highest BCUT2D eigenvalue weighted by Gasteiger charge is 2.27. The van der Waals surface area contributed by atoms with E-state index in [0.29, 0.717) is 5.15 Å². The summed E-state index contributed by atoms with van der Waals surface area (Å²) in [6.45, 7) is 5.07. The molecular weight excluding hydrogens is 322 g/mol. The summed E-state index contributed by atoms with van der Waals surface area (Å²) in [5.41, 5.74) is 1.10. The van der Waals surface area contributed by atoms with Gasteiger partial charge in [0.1, 0.15) is 11.0 Å². The number of piperazine rings is 1. The largest absolute Gasteiger partial charge is 0.353 e. The number of anilines is 1. The predicted molar refractivity (Wildman–Crippen MR) is 97.5 cm³/mol. The van der Waals surface area contributed by atoms with Gasteiger partial charge in [-0.15, -0.1) is 0 Å². The second-order valence-electron chi connectivity index (χ2n) is 6.00. The third-order valence-corrected chi connectivity index (χ3v) is 4.73. The third kappa shape index (κ3) is 3.70. The van der Waals surface area contributed by atoms with Crippen molar-refractivity contribution < 1.29 is 4.79 Å². The summed E-state index contributed by atoms with van der Waals surface area (Å²) in [7, 11) is 0. The summed E-state index contributed by atoms with van der Waals surface area (Å²) < 4.78 is 0. The number of aromatic nitrogens is 1. The Morgan fingerprint density at radius 1 is 1.08 bits per heavy atom. The van der Waals surface area contributed by atoms with Crippen LogP contribution >= 0.6 is 11.6 Å². The van der Waals surface area contributed by atoms with E-state index in [-0.39, 0.29) is 11.8 Å². The van der Waals surface area contributed by atoms with E-state index in [1.807, 2.05) is 47.4 Å².